The van der Waals surface area contributed by atoms with Gasteiger partial charge < -0.3 is 34.1 Å². The van der Waals surface area contributed by atoms with Gasteiger partial charge in [0.1, 0.15) is 10.6 Å². The summed E-state index contributed by atoms with van der Waals surface area (Å²) in [5, 5.41) is 19.1. The Morgan fingerprint density at radius 1 is 0.936 bits per heavy atom. The first-order valence-electron chi connectivity index (χ1n) is 15.0. The van der Waals surface area contributed by atoms with E-state index in [9.17, 15) is 18.0 Å². The molecule has 2 aromatic carbocycles. The molecule has 4 aromatic rings. The van der Waals surface area contributed by atoms with Gasteiger partial charge in [-0.25, -0.2) is 18.0 Å². The van der Waals surface area contributed by atoms with Crippen LogP contribution in [0.25, 0.3) is 5.52 Å². The second-order valence-corrected chi connectivity index (χ2v) is 12.8. The van der Waals surface area contributed by atoms with Crippen molar-refractivity contribution in [3.8, 4) is 17.2 Å². The van der Waals surface area contributed by atoms with Crippen LogP contribution in [0.4, 0.5) is 0 Å². The predicted octanol–water partition coefficient (Wildman–Crippen LogP) is 5.53. The van der Waals surface area contributed by atoms with Gasteiger partial charge in [-0.05, 0) is 97.9 Å². The number of benzene rings is 2. The monoisotopic (exact) mass is 666 g/mol. The maximum atomic E-state index is 13.8. The summed E-state index contributed by atoms with van der Waals surface area (Å²) < 4.78 is 45.9. The van der Waals surface area contributed by atoms with Crippen LogP contribution < -0.4 is 19.5 Å². The highest BCUT2D eigenvalue weighted by Gasteiger charge is 2.28. The van der Waals surface area contributed by atoms with Crippen LogP contribution >= 0.6 is 0 Å². The number of rotatable bonds is 15. The molecule has 0 aliphatic carbocycles. The Morgan fingerprint density at radius 2 is 1.60 bits per heavy atom. The van der Waals surface area contributed by atoms with Gasteiger partial charge in [-0.2, -0.15) is 0 Å². The summed E-state index contributed by atoms with van der Waals surface area (Å²) >= 11 is 0. The molecule has 2 aromatic heterocycles. The third-order valence-electron chi connectivity index (χ3n) is 7.18. The van der Waals surface area contributed by atoms with Crippen molar-refractivity contribution in [3.63, 3.8) is 0 Å². The fraction of sp³-hybridized carbons (Fsp3) is 0.314. The Morgan fingerprint density at radius 3 is 2.19 bits per heavy atom. The quantitative estimate of drug-likeness (QED) is 0.109. The van der Waals surface area contributed by atoms with Crippen molar-refractivity contribution in [1.29, 1.82) is 0 Å². The number of nitrogens with one attached hydrogen (secondary N) is 1. The van der Waals surface area contributed by atoms with Gasteiger partial charge >= 0.3 is 11.9 Å². The number of hydrogen-bond donors (Lipinski definition) is 3. The summed E-state index contributed by atoms with van der Waals surface area (Å²) in [6, 6.07) is 16.6. The maximum absolute atomic E-state index is 13.8. The third-order valence-corrected chi connectivity index (χ3v) is 9.04. The fourth-order valence-corrected chi connectivity index (χ4v) is 6.69. The van der Waals surface area contributed by atoms with Crippen LogP contribution in [0.3, 0.4) is 0 Å². The molecule has 2 heterocycles. The number of methoxy groups -OCH3 is 2. The number of carboxylic acid groups (broad SMARTS) is 2. The number of carboxylic acids is 2. The second kappa shape index (κ2) is 17.2. The molecule has 0 unspecified atom stereocenters. The minimum atomic E-state index is -3.71. The molecule has 47 heavy (non-hydrogen) atoms. The Bertz CT molecular complexity index is 1780. The third kappa shape index (κ3) is 10.1. The molecular formula is C35H42N2O9S. The molecule has 0 radical (unpaired) electrons. The number of nitrogens with zero attached hydrogens (tertiary/aromatic N) is 1. The number of aryl methyl sites for hydroxylation is 1. The smallest absolute Gasteiger partial charge is 0.328 e. The molecule has 0 spiro atoms. The fourth-order valence-electron chi connectivity index (χ4n) is 4.84. The summed E-state index contributed by atoms with van der Waals surface area (Å²) in [6.45, 7) is 8.18. The molecule has 12 heteroatoms. The molecule has 3 N–H and O–H groups in total. The van der Waals surface area contributed by atoms with E-state index in [1.165, 1.54) is 5.56 Å². The molecule has 11 nitrogen and oxygen atoms in total. The van der Waals surface area contributed by atoms with E-state index in [-0.39, 0.29) is 10.8 Å². The Kier molecular flexibility index (Phi) is 13.4. The number of pyridine rings is 1. The molecule has 0 fully saturated rings. The summed E-state index contributed by atoms with van der Waals surface area (Å²) in [6.07, 6.45) is 6.66. The predicted molar refractivity (Wildman–Crippen MR) is 179 cm³/mol. The van der Waals surface area contributed by atoms with Crippen molar-refractivity contribution in [2.45, 2.75) is 49.3 Å². The van der Waals surface area contributed by atoms with E-state index >= 15 is 0 Å². The van der Waals surface area contributed by atoms with Gasteiger partial charge in [0.05, 0.1) is 31.2 Å². The van der Waals surface area contributed by atoms with Crippen LogP contribution in [0, 0.1) is 6.92 Å². The minimum absolute atomic E-state index is 0.0735. The summed E-state index contributed by atoms with van der Waals surface area (Å²) in [7, 11) is -0.435. The van der Waals surface area contributed by atoms with E-state index in [0.29, 0.717) is 29.4 Å². The van der Waals surface area contributed by atoms with E-state index in [0.717, 1.165) is 54.1 Å². The highest BCUT2D eigenvalue weighted by molar-refractivity contribution is 7.91. The van der Waals surface area contributed by atoms with Crippen LogP contribution in [-0.4, -0.2) is 68.9 Å². The van der Waals surface area contributed by atoms with Crippen LogP contribution in [0.1, 0.15) is 42.9 Å². The van der Waals surface area contributed by atoms with Gasteiger partial charge in [-0.3, -0.25) is 0 Å². The van der Waals surface area contributed by atoms with Crippen LogP contribution in [0.2, 0.25) is 0 Å². The number of carbonyl (C=O) groups is 2. The zero-order valence-electron chi connectivity index (χ0n) is 27.2. The molecule has 4 rings (SSSR count). The Balaban J connectivity index is 0.000000665. The number of aliphatic carboxylic acids is 2. The van der Waals surface area contributed by atoms with Crippen LogP contribution in [0.15, 0.2) is 88.9 Å². The topological polar surface area (TPSA) is 153 Å². The zero-order valence-corrected chi connectivity index (χ0v) is 28.0. The van der Waals surface area contributed by atoms with Gasteiger partial charge in [-0.15, -0.1) is 0 Å². The van der Waals surface area contributed by atoms with Gasteiger partial charge in [0.15, 0.2) is 11.5 Å². The molecular weight excluding hydrogens is 624 g/mol. The standard InChI is InChI=1S/C31H38N2O5S.C4H4O4/c1-22(2)27-21-33-18-6-8-23(3)30(33)31(27)39(34,35)26-12-10-25(11-13-26)38-19-7-16-32-17-15-24-9-14-28(36-4)29(20-24)37-5;5-3(6)1-2-4(7)8/h6,8-14,18,20-22,32H,7,15-17,19H2,1-5H3;1-2H,(H,5,6)(H,7,8)/b;2-1+. The number of fused-ring (bicyclic) bond motifs is 1. The maximum Gasteiger partial charge on any atom is 0.328 e. The lowest BCUT2D eigenvalue weighted by Gasteiger charge is -2.12. The first kappa shape index (κ1) is 36.7. The highest BCUT2D eigenvalue weighted by atomic mass is 32.2. The minimum Gasteiger partial charge on any atom is -0.494 e. The Labute approximate surface area is 275 Å². The van der Waals surface area contributed by atoms with Gasteiger partial charge in [-0.1, -0.05) is 26.0 Å². The van der Waals surface area contributed by atoms with Gasteiger partial charge in [0.25, 0.3) is 0 Å². The molecule has 0 aliphatic rings. The van der Waals surface area contributed by atoms with E-state index < -0.39 is 21.8 Å². The molecule has 0 atom stereocenters. The van der Waals surface area contributed by atoms with Crippen molar-refractivity contribution in [1.82, 2.24) is 9.72 Å². The molecule has 0 saturated heterocycles. The largest absolute Gasteiger partial charge is 0.494 e. The molecule has 0 bridgehead atoms. The molecule has 0 saturated carbocycles. The van der Waals surface area contributed by atoms with E-state index in [1.54, 1.807) is 38.5 Å². The van der Waals surface area contributed by atoms with Gasteiger partial charge in [0.2, 0.25) is 9.84 Å². The van der Waals surface area contributed by atoms with Crippen LogP contribution in [-0.2, 0) is 25.8 Å². The molecule has 252 valence electrons. The zero-order chi connectivity index (χ0) is 34.6. The van der Waals surface area contributed by atoms with Crippen molar-refractivity contribution < 1.29 is 42.4 Å². The molecule has 0 amide bonds. The number of sulfone groups is 1. The average Bonchev–Trinajstić information content (AvgIpc) is 3.46. The van der Waals surface area contributed by atoms with Crippen molar-refractivity contribution in [2.24, 2.45) is 0 Å². The van der Waals surface area contributed by atoms with Crippen molar-refractivity contribution in [2.75, 3.05) is 33.9 Å². The van der Waals surface area contributed by atoms with E-state index in [4.69, 9.17) is 24.4 Å². The molecule has 0 aliphatic heterocycles. The highest BCUT2D eigenvalue weighted by Crippen LogP contribution is 2.35. The average molecular weight is 667 g/mol. The Hall–Kier alpha value is -4.81. The van der Waals surface area contributed by atoms with Crippen molar-refractivity contribution in [3.05, 3.63) is 95.8 Å². The first-order valence-corrected chi connectivity index (χ1v) is 16.5. The SMILES string of the molecule is COc1ccc(CCNCCCOc2ccc(S(=O)(=O)c3c(C(C)C)cn4cccc(C)c34)cc2)cc1OC.O=C(O)/C=C/C(=O)O. The lowest BCUT2D eigenvalue weighted by Crippen LogP contribution is -2.20. The van der Waals surface area contributed by atoms with E-state index in [1.807, 2.05) is 67.9 Å². The summed E-state index contributed by atoms with van der Waals surface area (Å²) in [5.41, 5.74) is 3.67. The lowest BCUT2D eigenvalue weighted by molar-refractivity contribution is -0.134. The van der Waals surface area contributed by atoms with Gasteiger partial charge in [0, 0.05) is 24.5 Å². The van der Waals surface area contributed by atoms with Crippen LogP contribution in [0.5, 0.6) is 17.2 Å². The number of hydrogen-bond acceptors (Lipinski definition) is 8. The summed E-state index contributed by atoms with van der Waals surface area (Å²) in [5.74, 6) is -0.323. The van der Waals surface area contributed by atoms with E-state index in [2.05, 4.69) is 5.32 Å². The summed E-state index contributed by atoms with van der Waals surface area (Å²) in [4.78, 5) is 19.8. The second-order valence-electron chi connectivity index (χ2n) is 10.9. The number of aromatic nitrogens is 1. The lowest BCUT2D eigenvalue weighted by atomic mass is 10.1. The van der Waals surface area contributed by atoms with Crippen molar-refractivity contribution >= 4 is 27.3 Å². The number of ether oxygens (including phenoxy) is 3. The normalized spacial score (nSPS) is 11.4. The first-order chi connectivity index (χ1) is 22.4.